The molecule has 1 rings (SSSR count). The molecule has 0 aromatic heterocycles. The smallest absolute Gasteiger partial charge is 0.306 e. The van der Waals surface area contributed by atoms with Crippen LogP contribution in [0.3, 0.4) is 0 Å². The van der Waals surface area contributed by atoms with Crippen LogP contribution in [-0.2, 0) is 0 Å². The van der Waals surface area contributed by atoms with Gasteiger partial charge in [0.05, 0.1) is 6.54 Å². The van der Waals surface area contributed by atoms with E-state index in [2.05, 4.69) is 5.32 Å². The average Bonchev–Trinajstić information content (AvgIpc) is 2.70. The van der Waals surface area contributed by atoms with Crippen molar-refractivity contribution in [2.75, 3.05) is 6.54 Å². The third kappa shape index (κ3) is 3.43. The molecule has 1 aliphatic rings. The largest absolute Gasteiger partial charge is 0.401 e. The number of nitrogens with one attached hydrogen (secondary N) is 1. The van der Waals surface area contributed by atoms with E-state index < -0.39 is 12.7 Å². The summed E-state index contributed by atoms with van der Waals surface area (Å²) in [6.07, 6.45) is -1.10. The second-order valence-corrected chi connectivity index (χ2v) is 3.35. The highest BCUT2D eigenvalue weighted by atomic mass is 19.4. The minimum Gasteiger partial charge on any atom is -0.306 e. The zero-order valence-electron chi connectivity index (χ0n) is 7.12. The lowest BCUT2D eigenvalue weighted by molar-refractivity contribution is -0.126. The third-order valence-electron chi connectivity index (χ3n) is 2.20. The van der Waals surface area contributed by atoms with E-state index in [9.17, 15) is 13.2 Å². The summed E-state index contributed by atoms with van der Waals surface area (Å²) in [5, 5.41) is 2.55. The molecule has 0 aromatic carbocycles. The summed E-state index contributed by atoms with van der Waals surface area (Å²) >= 11 is 0. The zero-order valence-corrected chi connectivity index (χ0v) is 7.12. The molecule has 72 valence electrons. The number of halogens is 3. The van der Waals surface area contributed by atoms with Crippen LogP contribution in [0.25, 0.3) is 0 Å². The fourth-order valence-electron chi connectivity index (χ4n) is 1.39. The molecule has 0 bridgehead atoms. The second kappa shape index (κ2) is 3.64. The maximum absolute atomic E-state index is 11.8. The van der Waals surface area contributed by atoms with Crippen molar-refractivity contribution in [3.05, 3.63) is 0 Å². The fraction of sp³-hybridized carbons (Fsp3) is 1.00. The van der Waals surface area contributed by atoms with Crippen molar-refractivity contribution in [3.8, 4) is 0 Å². The quantitative estimate of drug-likeness (QED) is 0.701. The monoisotopic (exact) mass is 181 g/mol. The van der Waals surface area contributed by atoms with Crippen LogP contribution < -0.4 is 5.32 Å². The van der Waals surface area contributed by atoms with Crippen molar-refractivity contribution in [1.82, 2.24) is 5.32 Å². The Kier molecular flexibility index (Phi) is 2.99. The minimum atomic E-state index is -4.07. The van der Waals surface area contributed by atoms with Crippen molar-refractivity contribution in [3.63, 3.8) is 0 Å². The number of alkyl halides is 3. The average molecular weight is 181 g/mol. The van der Waals surface area contributed by atoms with Gasteiger partial charge in [0.2, 0.25) is 0 Å². The van der Waals surface area contributed by atoms with Crippen molar-refractivity contribution in [1.29, 1.82) is 0 Å². The van der Waals surface area contributed by atoms with Gasteiger partial charge in [-0.2, -0.15) is 13.2 Å². The van der Waals surface area contributed by atoms with Crippen molar-refractivity contribution in [2.45, 2.75) is 38.4 Å². The van der Waals surface area contributed by atoms with Gasteiger partial charge in [-0.1, -0.05) is 6.92 Å². The predicted molar refractivity (Wildman–Crippen MR) is 40.9 cm³/mol. The van der Waals surface area contributed by atoms with Gasteiger partial charge < -0.3 is 5.32 Å². The van der Waals surface area contributed by atoms with E-state index >= 15 is 0 Å². The topological polar surface area (TPSA) is 12.0 Å². The molecular weight excluding hydrogens is 167 g/mol. The van der Waals surface area contributed by atoms with Crippen molar-refractivity contribution in [2.24, 2.45) is 5.92 Å². The molecular formula is C8H14F3N. The van der Waals surface area contributed by atoms with E-state index in [1.54, 1.807) is 0 Å². The lowest BCUT2D eigenvalue weighted by Crippen LogP contribution is -2.37. The number of hydrogen-bond acceptors (Lipinski definition) is 1. The molecule has 1 fully saturated rings. The van der Waals surface area contributed by atoms with Crippen LogP contribution in [0, 0.1) is 5.92 Å². The highest BCUT2D eigenvalue weighted by Gasteiger charge is 2.33. The fourth-order valence-corrected chi connectivity index (χ4v) is 1.39. The van der Waals surface area contributed by atoms with Crippen molar-refractivity contribution >= 4 is 0 Å². The summed E-state index contributed by atoms with van der Waals surface area (Å²) in [4.78, 5) is 0. The molecule has 0 spiro atoms. The van der Waals surface area contributed by atoms with Gasteiger partial charge >= 0.3 is 6.18 Å². The standard InChI is InChI=1S/C8H14F3N/c1-2-7(6-3-4-6)12-5-8(9,10)11/h6-7,12H,2-5H2,1H3. The molecule has 0 saturated heterocycles. The normalized spacial score (nSPS) is 21.0. The van der Waals surface area contributed by atoms with Crippen LogP contribution in [-0.4, -0.2) is 18.8 Å². The zero-order chi connectivity index (χ0) is 9.19. The van der Waals surface area contributed by atoms with Gasteiger partial charge in [0, 0.05) is 6.04 Å². The first-order valence-corrected chi connectivity index (χ1v) is 4.33. The molecule has 1 nitrogen and oxygen atoms in total. The van der Waals surface area contributed by atoms with Crippen molar-refractivity contribution < 1.29 is 13.2 Å². The molecule has 1 aliphatic carbocycles. The Hall–Kier alpha value is -0.250. The Morgan fingerprint density at radius 1 is 1.42 bits per heavy atom. The number of rotatable bonds is 4. The molecule has 0 amide bonds. The van der Waals surface area contributed by atoms with Gasteiger partial charge in [0.1, 0.15) is 0 Å². The van der Waals surface area contributed by atoms with Gasteiger partial charge in [-0.25, -0.2) is 0 Å². The van der Waals surface area contributed by atoms with Crippen LogP contribution in [0.1, 0.15) is 26.2 Å². The Labute approximate surface area is 70.3 Å². The minimum absolute atomic E-state index is 0.0756. The van der Waals surface area contributed by atoms with Gasteiger partial charge in [-0.05, 0) is 25.2 Å². The van der Waals surface area contributed by atoms with Gasteiger partial charge in [0.15, 0.2) is 0 Å². The summed E-state index contributed by atoms with van der Waals surface area (Å²) in [5.41, 5.74) is 0. The SMILES string of the molecule is CCC(NCC(F)(F)F)C1CC1. The molecule has 0 heterocycles. The molecule has 1 atom stereocenters. The van der Waals surface area contributed by atoms with Gasteiger partial charge in [-0.3, -0.25) is 0 Å². The molecule has 0 radical (unpaired) electrons. The van der Waals surface area contributed by atoms with E-state index in [0.717, 1.165) is 19.3 Å². The molecule has 1 unspecified atom stereocenters. The summed E-state index contributed by atoms with van der Waals surface area (Å²) in [6, 6.07) is 0.0756. The molecule has 0 aromatic rings. The first-order chi connectivity index (χ1) is 5.53. The lowest BCUT2D eigenvalue weighted by Gasteiger charge is -2.17. The Morgan fingerprint density at radius 2 is 2.00 bits per heavy atom. The molecule has 0 aliphatic heterocycles. The Bertz CT molecular complexity index is 140. The van der Waals surface area contributed by atoms with Crippen LogP contribution >= 0.6 is 0 Å². The Morgan fingerprint density at radius 3 is 2.33 bits per heavy atom. The molecule has 1 saturated carbocycles. The van der Waals surface area contributed by atoms with E-state index in [0.29, 0.717) is 5.92 Å². The number of hydrogen-bond donors (Lipinski definition) is 1. The molecule has 1 N–H and O–H groups in total. The van der Waals surface area contributed by atoms with E-state index in [4.69, 9.17) is 0 Å². The lowest BCUT2D eigenvalue weighted by atomic mass is 10.1. The van der Waals surface area contributed by atoms with Crippen LogP contribution in [0.15, 0.2) is 0 Å². The summed E-state index contributed by atoms with van der Waals surface area (Å²) in [7, 11) is 0. The predicted octanol–water partition coefficient (Wildman–Crippen LogP) is 2.33. The van der Waals surface area contributed by atoms with E-state index in [-0.39, 0.29) is 6.04 Å². The van der Waals surface area contributed by atoms with Gasteiger partial charge in [0.25, 0.3) is 0 Å². The highest BCUT2D eigenvalue weighted by Crippen LogP contribution is 2.34. The first-order valence-electron chi connectivity index (χ1n) is 4.33. The molecule has 12 heavy (non-hydrogen) atoms. The van der Waals surface area contributed by atoms with Gasteiger partial charge in [-0.15, -0.1) is 0 Å². The van der Waals surface area contributed by atoms with Crippen LogP contribution in [0.5, 0.6) is 0 Å². The maximum atomic E-state index is 11.8. The maximum Gasteiger partial charge on any atom is 0.401 e. The van der Waals surface area contributed by atoms with Crippen LogP contribution in [0.2, 0.25) is 0 Å². The summed E-state index contributed by atoms with van der Waals surface area (Å²) in [5.74, 6) is 0.498. The second-order valence-electron chi connectivity index (χ2n) is 3.35. The summed E-state index contributed by atoms with van der Waals surface area (Å²) < 4.78 is 35.3. The molecule has 4 heteroatoms. The first kappa shape index (κ1) is 9.84. The Balaban J connectivity index is 2.19. The van der Waals surface area contributed by atoms with E-state index in [1.807, 2.05) is 6.92 Å². The summed E-state index contributed by atoms with van der Waals surface area (Å²) in [6.45, 7) is 1.08. The third-order valence-corrected chi connectivity index (χ3v) is 2.20. The van der Waals surface area contributed by atoms with E-state index in [1.165, 1.54) is 0 Å². The highest BCUT2D eigenvalue weighted by molar-refractivity contribution is 4.85. The van der Waals surface area contributed by atoms with Crippen LogP contribution in [0.4, 0.5) is 13.2 Å².